The molecular formula is C16H25NO2. The minimum absolute atomic E-state index is 0.0188. The Labute approximate surface area is 116 Å². The molecule has 0 aliphatic carbocycles. The van der Waals surface area contributed by atoms with Crippen molar-refractivity contribution in [3.63, 3.8) is 0 Å². The Balaban J connectivity index is 3.36. The maximum absolute atomic E-state index is 11.8. The predicted octanol–water partition coefficient (Wildman–Crippen LogP) is 3.18. The molecule has 0 N–H and O–H groups in total. The van der Waals surface area contributed by atoms with Crippen LogP contribution in [0.25, 0.3) is 0 Å². The standard InChI is InChI=1S/C16H25NO2/c1-11(18)15(17(5)6)12-8-9-14(19-7)13(10-12)16(2,3)4/h8-10,15H,1-7H3. The first-order valence-electron chi connectivity index (χ1n) is 6.53. The molecule has 1 unspecified atom stereocenters. The Morgan fingerprint density at radius 3 is 2.21 bits per heavy atom. The third-order valence-corrected chi connectivity index (χ3v) is 3.25. The molecule has 0 radical (unpaired) electrons. The van der Waals surface area contributed by atoms with Crippen LogP contribution >= 0.6 is 0 Å². The lowest BCUT2D eigenvalue weighted by atomic mass is 9.84. The molecule has 1 aromatic carbocycles. The number of likely N-dealkylation sites (N-methyl/N-ethyl adjacent to an activating group) is 1. The van der Waals surface area contributed by atoms with Crippen molar-refractivity contribution in [1.82, 2.24) is 4.90 Å². The molecule has 0 bridgehead atoms. The molecule has 0 spiro atoms. The first-order valence-corrected chi connectivity index (χ1v) is 6.53. The molecule has 1 rings (SSSR count). The molecular weight excluding hydrogens is 238 g/mol. The fraction of sp³-hybridized carbons (Fsp3) is 0.562. The first kappa shape index (κ1) is 15.7. The van der Waals surface area contributed by atoms with E-state index in [1.54, 1.807) is 14.0 Å². The third kappa shape index (κ3) is 3.57. The number of rotatable bonds is 4. The van der Waals surface area contributed by atoms with Gasteiger partial charge in [0.25, 0.3) is 0 Å². The number of nitrogens with zero attached hydrogens (tertiary/aromatic N) is 1. The SMILES string of the molecule is COc1ccc(C(C(C)=O)N(C)C)cc1C(C)(C)C. The van der Waals surface area contributed by atoms with Gasteiger partial charge in [0, 0.05) is 0 Å². The van der Waals surface area contributed by atoms with Crippen LogP contribution in [0.15, 0.2) is 18.2 Å². The summed E-state index contributed by atoms with van der Waals surface area (Å²) in [5, 5.41) is 0. The molecule has 0 heterocycles. The van der Waals surface area contributed by atoms with Crippen LogP contribution in [0.3, 0.4) is 0 Å². The predicted molar refractivity (Wildman–Crippen MR) is 78.8 cm³/mol. The first-order chi connectivity index (χ1) is 8.68. The van der Waals surface area contributed by atoms with Gasteiger partial charge in [-0.15, -0.1) is 0 Å². The van der Waals surface area contributed by atoms with Crippen molar-refractivity contribution < 1.29 is 9.53 Å². The molecule has 106 valence electrons. The Hall–Kier alpha value is -1.35. The van der Waals surface area contributed by atoms with E-state index in [4.69, 9.17) is 4.74 Å². The minimum atomic E-state index is -0.202. The number of hydrogen-bond donors (Lipinski definition) is 0. The second-order valence-corrected chi connectivity index (χ2v) is 6.19. The van der Waals surface area contributed by atoms with Gasteiger partial charge >= 0.3 is 0 Å². The van der Waals surface area contributed by atoms with E-state index in [1.807, 2.05) is 31.1 Å². The fourth-order valence-electron chi connectivity index (χ4n) is 2.38. The molecule has 0 aromatic heterocycles. The summed E-state index contributed by atoms with van der Waals surface area (Å²) in [6.45, 7) is 8.07. The quantitative estimate of drug-likeness (QED) is 0.835. The van der Waals surface area contributed by atoms with Crippen LogP contribution in [-0.2, 0) is 10.2 Å². The van der Waals surface area contributed by atoms with Gasteiger partial charge in [-0.2, -0.15) is 0 Å². The van der Waals surface area contributed by atoms with Gasteiger partial charge in [-0.1, -0.05) is 26.8 Å². The summed E-state index contributed by atoms with van der Waals surface area (Å²) >= 11 is 0. The van der Waals surface area contributed by atoms with Gasteiger partial charge in [0.2, 0.25) is 0 Å². The van der Waals surface area contributed by atoms with Crippen molar-refractivity contribution in [2.24, 2.45) is 0 Å². The Bertz CT molecular complexity index is 458. The molecule has 0 fully saturated rings. The van der Waals surface area contributed by atoms with Crippen LogP contribution in [0.1, 0.15) is 44.9 Å². The van der Waals surface area contributed by atoms with Crippen LogP contribution in [0.4, 0.5) is 0 Å². The summed E-state index contributed by atoms with van der Waals surface area (Å²) in [4.78, 5) is 13.8. The van der Waals surface area contributed by atoms with Crippen molar-refractivity contribution >= 4 is 5.78 Å². The molecule has 19 heavy (non-hydrogen) atoms. The van der Waals surface area contributed by atoms with E-state index in [0.29, 0.717) is 0 Å². The van der Waals surface area contributed by atoms with Crippen molar-refractivity contribution in [1.29, 1.82) is 0 Å². The number of ketones is 1. The van der Waals surface area contributed by atoms with Crippen molar-refractivity contribution in [3.8, 4) is 5.75 Å². The van der Waals surface area contributed by atoms with Gasteiger partial charge in [-0.3, -0.25) is 9.69 Å². The fourth-order valence-corrected chi connectivity index (χ4v) is 2.38. The average Bonchev–Trinajstić information content (AvgIpc) is 2.26. The van der Waals surface area contributed by atoms with Crippen molar-refractivity contribution in [2.75, 3.05) is 21.2 Å². The minimum Gasteiger partial charge on any atom is -0.496 e. The number of carbonyl (C=O) groups excluding carboxylic acids is 1. The summed E-state index contributed by atoms with van der Waals surface area (Å²) in [5.74, 6) is 1.02. The maximum Gasteiger partial charge on any atom is 0.151 e. The average molecular weight is 263 g/mol. The highest BCUT2D eigenvalue weighted by Crippen LogP contribution is 2.34. The third-order valence-electron chi connectivity index (χ3n) is 3.25. The molecule has 0 aliphatic heterocycles. The zero-order valence-corrected chi connectivity index (χ0v) is 13.1. The largest absolute Gasteiger partial charge is 0.496 e. The number of Topliss-reactive ketones (excluding diaryl/α,β-unsaturated/α-hetero) is 1. The van der Waals surface area contributed by atoms with E-state index in [0.717, 1.165) is 16.9 Å². The molecule has 3 heteroatoms. The zero-order chi connectivity index (χ0) is 14.8. The second-order valence-electron chi connectivity index (χ2n) is 6.19. The summed E-state index contributed by atoms with van der Waals surface area (Å²) < 4.78 is 5.43. The van der Waals surface area contributed by atoms with Gasteiger partial charge in [0.05, 0.1) is 13.2 Å². The molecule has 0 aliphatic rings. The lowest BCUT2D eigenvalue weighted by Gasteiger charge is -2.27. The maximum atomic E-state index is 11.8. The van der Waals surface area contributed by atoms with Gasteiger partial charge in [0.1, 0.15) is 5.75 Å². The van der Waals surface area contributed by atoms with E-state index >= 15 is 0 Å². The van der Waals surface area contributed by atoms with Gasteiger partial charge in [0.15, 0.2) is 5.78 Å². The Morgan fingerprint density at radius 2 is 1.84 bits per heavy atom. The molecule has 0 saturated heterocycles. The van der Waals surface area contributed by atoms with Crippen LogP contribution in [0, 0.1) is 0 Å². The lowest BCUT2D eigenvalue weighted by molar-refractivity contribution is -0.121. The van der Waals surface area contributed by atoms with E-state index in [9.17, 15) is 4.79 Å². The monoisotopic (exact) mass is 263 g/mol. The normalized spacial score (nSPS) is 13.5. The molecule has 0 amide bonds. The van der Waals surface area contributed by atoms with E-state index < -0.39 is 0 Å². The number of methoxy groups -OCH3 is 1. The van der Waals surface area contributed by atoms with Crippen LogP contribution in [0.2, 0.25) is 0 Å². The number of ether oxygens (including phenoxy) is 1. The molecule has 0 saturated carbocycles. The van der Waals surface area contributed by atoms with Crippen LogP contribution in [0.5, 0.6) is 5.75 Å². The topological polar surface area (TPSA) is 29.5 Å². The van der Waals surface area contributed by atoms with Crippen molar-refractivity contribution in [2.45, 2.75) is 39.2 Å². The van der Waals surface area contributed by atoms with Gasteiger partial charge in [-0.25, -0.2) is 0 Å². The van der Waals surface area contributed by atoms with Crippen LogP contribution in [-0.4, -0.2) is 31.9 Å². The number of hydrogen-bond acceptors (Lipinski definition) is 3. The lowest BCUT2D eigenvalue weighted by Crippen LogP contribution is -2.26. The van der Waals surface area contributed by atoms with E-state index in [-0.39, 0.29) is 17.2 Å². The van der Waals surface area contributed by atoms with E-state index in [1.165, 1.54) is 0 Å². The zero-order valence-electron chi connectivity index (χ0n) is 13.1. The highest BCUT2D eigenvalue weighted by molar-refractivity contribution is 5.83. The molecule has 1 atom stereocenters. The van der Waals surface area contributed by atoms with Crippen LogP contribution < -0.4 is 4.74 Å². The van der Waals surface area contributed by atoms with E-state index in [2.05, 4.69) is 26.8 Å². The molecule has 3 nitrogen and oxygen atoms in total. The summed E-state index contributed by atoms with van der Waals surface area (Å²) in [7, 11) is 5.53. The Morgan fingerprint density at radius 1 is 1.26 bits per heavy atom. The smallest absolute Gasteiger partial charge is 0.151 e. The summed E-state index contributed by atoms with van der Waals surface area (Å²) in [6.07, 6.45) is 0. The summed E-state index contributed by atoms with van der Waals surface area (Å²) in [5.41, 5.74) is 2.12. The van der Waals surface area contributed by atoms with Crippen molar-refractivity contribution in [3.05, 3.63) is 29.3 Å². The number of benzene rings is 1. The second kappa shape index (κ2) is 5.74. The molecule has 1 aromatic rings. The highest BCUT2D eigenvalue weighted by atomic mass is 16.5. The Kier molecular flexibility index (Phi) is 4.75. The van der Waals surface area contributed by atoms with Gasteiger partial charge < -0.3 is 4.74 Å². The summed E-state index contributed by atoms with van der Waals surface area (Å²) in [6, 6.07) is 5.81. The van der Waals surface area contributed by atoms with Gasteiger partial charge in [-0.05, 0) is 49.7 Å². The highest BCUT2D eigenvalue weighted by Gasteiger charge is 2.24. The number of carbonyl (C=O) groups is 1.